The Morgan fingerprint density at radius 3 is 2.00 bits per heavy atom. The van der Waals surface area contributed by atoms with Gasteiger partial charge < -0.3 is 0 Å². The van der Waals surface area contributed by atoms with E-state index in [2.05, 4.69) is 21.8 Å². The fourth-order valence-corrected chi connectivity index (χ4v) is 4.72. The van der Waals surface area contributed by atoms with Crippen LogP contribution >= 0.6 is 11.6 Å². The van der Waals surface area contributed by atoms with Crippen molar-refractivity contribution in [2.45, 2.75) is 11.3 Å². The number of pyridine rings is 1. The molecule has 6 nitrogen and oxygen atoms in total. The Bertz CT molecular complexity index is 1560. The number of hydrogen-bond donors (Lipinski definition) is 1. The summed E-state index contributed by atoms with van der Waals surface area (Å²) in [6, 6.07) is 27.5. The van der Waals surface area contributed by atoms with Crippen LogP contribution in [0, 0.1) is 0 Å². The molecule has 0 bridgehead atoms. The highest BCUT2D eigenvalue weighted by molar-refractivity contribution is 7.92. The highest BCUT2D eigenvalue weighted by atomic mass is 35.5. The maximum absolute atomic E-state index is 13.1. The van der Waals surface area contributed by atoms with E-state index in [1.807, 2.05) is 60.9 Å². The standard InChI is InChI=1S/C26H20ClN4O2S/c27-21-10-12-22(13-11-21)34(32,33)30-25-26(29-24-9-5-4-8-23(24)28-25)31-16-14-20(15-17-31)18-19-6-2-1-3-7-19/h1-17H,18H2,(H,28,30)/q+1. The summed E-state index contributed by atoms with van der Waals surface area (Å²) in [6.07, 6.45) is 4.51. The number of anilines is 1. The number of benzene rings is 3. The molecule has 5 aromatic rings. The molecule has 8 heteroatoms. The largest absolute Gasteiger partial charge is 0.372 e. The first kappa shape index (κ1) is 22.0. The molecule has 34 heavy (non-hydrogen) atoms. The molecule has 0 atom stereocenters. The molecule has 0 saturated carbocycles. The van der Waals surface area contributed by atoms with Crippen molar-refractivity contribution in [2.75, 3.05) is 4.72 Å². The zero-order valence-electron chi connectivity index (χ0n) is 18.0. The number of hydrogen-bond acceptors (Lipinski definition) is 4. The molecule has 168 valence electrons. The fraction of sp³-hybridized carbons (Fsp3) is 0.0385. The van der Waals surface area contributed by atoms with Gasteiger partial charge >= 0.3 is 5.82 Å². The lowest BCUT2D eigenvalue weighted by molar-refractivity contribution is -0.598. The molecule has 0 aliphatic heterocycles. The molecule has 0 aliphatic rings. The van der Waals surface area contributed by atoms with Crippen LogP contribution in [-0.4, -0.2) is 18.4 Å². The Balaban J connectivity index is 1.53. The second-order valence-electron chi connectivity index (χ2n) is 7.72. The molecule has 0 saturated heterocycles. The fourth-order valence-electron chi connectivity index (χ4n) is 3.59. The maximum Gasteiger partial charge on any atom is 0.372 e. The Morgan fingerprint density at radius 1 is 0.735 bits per heavy atom. The van der Waals surface area contributed by atoms with E-state index in [9.17, 15) is 8.42 Å². The summed E-state index contributed by atoms with van der Waals surface area (Å²) >= 11 is 5.92. The first-order valence-corrected chi connectivity index (χ1v) is 12.4. The van der Waals surface area contributed by atoms with Crippen LogP contribution in [0.15, 0.2) is 108 Å². The Hall–Kier alpha value is -3.81. The van der Waals surface area contributed by atoms with E-state index in [4.69, 9.17) is 16.6 Å². The summed E-state index contributed by atoms with van der Waals surface area (Å²) in [5, 5.41) is 0.455. The molecule has 0 unspecified atom stereocenters. The highest BCUT2D eigenvalue weighted by Crippen LogP contribution is 2.22. The summed E-state index contributed by atoms with van der Waals surface area (Å²) in [5.41, 5.74) is 3.58. The van der Waals surface area contributed by atoms with Gasteiger partial charge in [-0.1, -0.05) is 54.1 Å². The predicted molar refractivity (Wildman–Crippen MR) is 133 cm³/mol. The van der Waals surface area contributed by atoms with Gasteiger partial charge in [-0.05, 0) is 71.1 Å². The van der Waals surface area contributed by atoms with Gasteiger partial charge in [-0.3, -0.25) is 4.72 Å². The van der Waals surface area contributed by atoms with E-state index in [0.29, 0.717) is 21.9 Å². The molecule has 2 heterocycles. The second-order valence-corrected chi connectivity index (χ2v) is 9.84. The molecule has 0 fully saturated rings. The van der Waals surface area contributed by atoms with Crippen LogP contribution in [0.4, 0.5) is 5.82 Å². The van der Waals surface area contributed by atoms with Crippen molar-refractivity contribution in [2.24, 2.45) is 0 Å². The molecule has 3 aromatic carbocycles. The van der Waals surface area contributed by atoms with E-state index in [0.717, 1.165) is 12.0 Å². The summed E-state index contributed by atoms with van der Waals surface area (Å²) in [7, 11) is -3.90. The van der Waals surface area contributed by atoms with Gasteiger partial charge in [0, 0.05) is 5.02 Å². The Morgan fingerprint density at radius 2 is 1.32 bits per heavy atom. The van der Waals surface area contributed by atoms with E-state index in [-0.39, 0.29) is 10.7 Å². The summed E-state index contributed by atoms with van der Waals surface area (Å²) in [5.74, 6) is 0.511. The molecule has 0 aliphatic carbocycles. The lowest BCUT2D eigenvalue weighted by Gasteiger charge is -2.09. The molecule has 0 radical (unpaired) electrons. The summed E-state index contributed by atoms with van der Waals surface area (Å²) in [6.45, 7) is 0. The average Bonchev–Trinajstić information content (AvgIpc) is 2.85. The minimum atomic E-state index is -3.90. The van der Waals surface area contributed by atoms with Crippen molar-refractivity contribution < 1.29 is 13.0 Å². The first-order valence-electron chi connectivity index (χ1n) is 10.6. The van der Waals surface area contributed by atoms with Crippen molar-refractivity contribution in [3.8, 4) is 5.82 Å². The summed E-state index contributed by atoms with van der Waals surface area (Å²) < 4.78 is 30.5. The third kappa shape index (κ3) is 4.76. The molecule has 0 amide bonds. The smallest absolute Gasteiger partial charge is 0.256 e. The van der Waals surface area contributed by atoms with Crippen molar-refractivity contribution in [3.05, 3.63) is 120 Å². The monoisotopic (exact) mass is 487 g/mol. The average molecular weight is 488 g/mol. The molecule has 1 N–H and O–H groups in total. The van der Waals surface area contributed by atoms with Crippen molar-refractivity contribution >= 4 is 38.5 Å². The number of nitrogens with zero attached hydrogens (tertiary/aromatic N) is 3. The molecule has 5 rings (SSSR count). The molecule has 2 aromatic heterocycles. The van der Waals surface area contributed by atoms with Crippen LogP contribution < -0.4 is 9.29 Å². The second kappa shape index (κ2) is 9.21. The van der Waals surface area contributed by atoms with E-state index >= 15 is 0 Å². The number of para-hydroxylation sites is 2. The van der Waals surface area contributed by atoms with Gasteiger partial charge in [0.2, 0.25) is 11.3 Å². The number of sulfonamides is 1. The third-order valence-electron chi connectivity index (χ3n) is 5.30. The Kier molecular flexibility index (Phi) is 5.96. The van der Waals surface area contributed by atoms with Gasteiger partial charge in [0.05, 0.1) is 17.3 Å². The van der Waals surface area contributed by atoms with Gasteiger partial charge in [-0.2, -0.15) is 0 Å². The first-order chi connectivity index (χ1) is 16.5. The van der Waals surface area contributed by atoms with Crippen LogP contribution in [0.2, 0.25) is 5.02 Å². The number of fused-ring (bicyclic) bond motifs is 1. The lowest BCUT2D eigenvalue weighted by Crippen LogP contribution is -2.33. The number of halogens is 1. The molecular formula is C26H20ClN4O2S+. The van der Waals surface area contributed by atoms with Crippen molar-refractivity contribution in [1.29, 1.82) is 0 Å². The van der Waals surface area contributed by atoms with Crippen molar-refractivity contribution in [1.82, 2.24) is 9.97 Å². The minimum absolute atomic E-state index is 0.0843. The SMILES string of the molecule is O=S(=O)(Nc1nc2ccccc2nc1-[n+]1ccc(Cc2ccccc2)cc1)c1ccc(Cl)cc1. The van der Waals surface area contributed by atoms with Gasteiger partial charge in [0.1, 0.15) is 5.52 Å². The van der Waals surface area contributed by atoms with Crippen LogP contribution in [0.25, 0.3) is 16.9 Å². The van der Waals surface area contributed by atoms with Gasteiger partial charge in [-0.25, -0.2) is 18.0 Å². The topological polar surface area (TPSA) is 75.8 Å². The number of rotatable bonds is 6. The number of nitrogens with one attached hydrogen (secondary N) is 1. The third-order valence-corrected chi connectivity index (χ3v) is 6.91. The quantitative estimate of drug-likeness (QED) is 0.344. The van der Waals surface area contributed by atoms with E-state index < -0.39 is 10.0 Å². The Labute approximate surface area is 202 Å². The zero-order valence-corrected chi connectivity index (χ0v) is 19.5. The zero-order chi connectivity index (χ0) is 23.5. The number of aromatic nitrogens is 3. The van der Waals surface area contributed by atoms with Gasteiger partial charge in [0.25, 0.3) is 10.0 Å². The minimum Gasteiger partial charge on any atom is -0.256 e. The van der Waals surface area contributed by atoms with Crippen LogP contribution in [0.5, 0.6) is 0 Å². The normalized spacial score (nSPS) is 11.4. The van der Waals surface area contributed by atoms with Gasteiger partial charge in [0.15, 0.2) is 0 Å². The van der Waals surface area contributed by atoms with E-state index in [1.165, 1.54) is 29.8 Å². The van der Waals surface area contributed by atoms with Crippen LogP contribution in [0.1, 0.15) is 11.1 Å². The van der Waals surface area contributed by atoms with Crippen LogP contribution in [-0.2, 0) is 16.4 Å². The lowest BCUT2D eigenvalue weighted by atomic mass is 10.1. The van der Waals surface area contributed by atoms with Crippen LogP contribution in [0.3, 0.4) is 0 Å². The highest BCUT2D eigenvalue weighted by Gasteiger charge is 2.25. The summed E-state index contributed by atoms with van der Waals surface area (Å²) in [4.78, 5) is 9.36. The molecule has 0 spiro atoms. The van der Waals surface area contributed by atoms with E-state index in [1.54, 1.807) is 10.6 Å². The predicted octanol–water partition coefficient (Wildman–Crippen LogP) is 4.95. The molecular weight excluding hydrogens is 468 g/mol. The van der Waals surface area contributed by atoms with Gasteiger partial charge in [-0.15, -0.1) is 0 Å². The maximum atomic E-state index is 13.1. The van der Waals surface area contributed by atoms with Crippen molar-refractivity contribution in [3.63, 3.8) is 0 Å².